The molecule has 0 radical (unpaired) electrons. The lowest BCUT2D eigenvalue weighted by molar-refractivity contribution is 0.239. The number of amides is 2. The zero-order chi connectivity index (χ0) is 17.9. The predicted molar refractivity (Wildman–Crippen MR) is 104 cm³/mol. The molecule has 1 aliphatic heterocycles. The number of hydrogen-bond acceptors (Lipinski definition) is 4. The molecule has 4 rings (SSSR count). The minimum Gasteiger partial charge on any atom is -0.325 e. The van der Waals surface area contributed by atoms with Crippen LogP contribution in [0.2, 0.25) is 0 Å². The van der Waals surface area contributed by atoms with Crippen molar-refractivity contribution in [3.05, 3.63) is 51.9 Å². The Morgan fingerprint density at radius 3 is 2.77 bits per heavy atom. The number of carbonyl (C=O) groups excluding carboxylic acids is 1. The van der Waals surface area contributed by atoms with Gasteiger partial charge in [-0.25, -0.2) is 9.78 Å². The number of allylic oxidation sites excluding steroid dienone is 1. The number of aromatic nitrogens is 2. The number of nitrogens with one attached hydrogen (secondary N) is 2. The van der Waals surface area contributed by atoms with Gasteiger partial charge in [0.1, 0.15) is 11.0 Å². The molecular formula is C20H24N4OS. The number of hydrogen-bond donors (Lipinski definition) is 2. The third-order valence-corrected chi connectivity index (χ3v) is 6.16. The average molecular weight is 369 g/mol. The van der Waals surface area contributed by atoms with Gasteiger partial charge in [-0.15, -0.1) is 11.3 Å². The van der Waals surface area contributed by atoms with E-state index in [-0.39, 0.29) is 12.1 Å². The zero-order valence-corrected chi connectivity index (χ0v) is 15.8. The third-order valence-electron chi connectivity index (χ3n) is 5.27. The molecule has 3 heterocycles. The smallest absolute Gasteiger partial charge is 0.319 e. The third kappa shape index (κ3) is 3.38. The van der Waals surface area contributed by atoms with E-state index in [0.29, 0.717) is 5.92 Å². The Kier molecular flexibility index (Phi) is 5.02. The summed E-state index contributed by atoms with van der Waals surface area (Å²) in [5.41, 5.74) is 4.05. The van der Waals surface area contributed by atoms with Gasteiger partial charge < -0.3 is 10.6 Å². The molecular weight excluding hydrogens is 344 g/mol. The highest BCUT2D eigenvalue weighted by atomic mass is 32.1. The summed E-state index contributed by atoms with van der Waals surface area (Å²) in [6.45, 7) is 2.06. The van der Waals surface area contributed by atoms with Crippen molar-refractivity contribution in [3.8, 4) is 0 Å². The van der Waals surface area contributed by atoms with Gasteiger partial charge in [-0.2, -0.15) is 0 Å². The lowest BCUT2D eigenvalue weighted by Crippen LogP contribution is -2.43. The maximum Gasteiger partial charge on any atom is 0.319 e. The minimum atomic E-state index is -0.259. The van der Waals surface area contributed by atoms with Crippen LogP contribution >= 0.6 is 11.3 Å². The standard InChI is InChI=1S/C20H24N4OS/c1-2-14-17(18(24-20(25)23-14)15-10-6-7-11-21-15)19-22-16(12-26-19)13-8-4-3-5-9-13/h6-7,10-13,18H,2-5,8-9H2,1H3,(H2,23,24,25). The Morgan fingerprint density at radius 1 is 1.19 bits per heavy atom. The van der Waals surface area contributed by atoms with E-state index >= 15 is 0 Å². The Morgan fingerprint density at radius 2 is 2.04 bits per heavy atom. The van der Waals surface area contributed by atoms with Crippen molar-refractivity contribution in [3.63, 3.8) is 0 Å². The van der Waals surface area contributed by atoms with Crippen molar-refractivity contribution in [1.29, 1.82) is 0 Å². The van der Waals surface area contributed by atoms with Crippen LogP contribution in [0, 0.1) is 0 Å². The lowest BCUT2D eigenvalue weighted by Gasteiger charge is -2.28. The Hall–Kier alpha value is -2.21. The number of pyridine rings is 1. The highest BCUT2D eigenvalue weighted by Gasteiger charge is 2.31. The topological polar surface area (TPSA) is 66.9 Å². The maximum atomic E-state index is 12.1. The van der Waals surface area contributed by atoms with E-state index in [1.54, 1.807) is 17.5 Å². The van der Waals surface area contributed by atoms with E-state index in [0.717, 1.165) is 28.4 Å². The van der Waals surface area contributed by atoms with E-state index in [9.17, 15) is 4.79 Å². The minimum absolute atomic E-state index is 0.176. The molecule has 2 aromatic rings. The highest BCUT2D eigenvalue weighted by Crippen LogP contribution is 2.39. The van der Waals surface area contributed by atoms with Crippen LogP contribution in [0.1, 0.15) is 73.8 Å². The summed E-state index contributed by atoms with van der Waals surface area (Å²) < 4.78 is 0. The maximum absolute atomic E-state index is 12.1. The monoisotopic (exact) mass is 368 g/mol. The van der Waals surface area contributed by atoms with E-state index in [1.807, 2.05) is 18.2 Å². The average Bonchev–Trinajstić information content (AvgIpc) is 3.18. The first kappa shape index (κ1) is 17.2. The molecule has 2 N–H and O–H groups in total. The predicted octanol–water partition coefficient (Wildman–Crippen LogP) is 4.76. The van der Waals surface area contributed by atoms with Gasteiger partial charge >= 0.3 is 6.03 Å². The van der Waals surface area contributed by atoms with Gasteiger partial charge in [-0.05, 0) is 31.4 Å². The zero-order valence-electron chi connectivity index (χ0n) is 15.0. The van der Waals surface area contributed by atoms with Gasteiger partial charge in [0.25, 0.3) is 0 Å². The molecule has 6 heteroatoms. The number of rotatable bonds is 4. The second-order valence-electron chi connectivity index (χ2n) is 6.94. The quantitative estimate of drug-likeness (QED) is 0.817. The molecule has 26 heavy (non-hydrogen) atoms. The second-order valence-corrected chi connectivity index (χ2v) is 7.80. The van der Waals surface area contributed by atoms with Gasteiger partial charge in [0.05, 0.1) is 11.4 Å². The van der Waals surface area contributed by atoms with Crippen LogP contribution in [-0.4, -0.2) is 16.0 Å². The molecule has 136 valence electrons. The molecule has 2 aliphatic rings. The first-order chi connectivity index (χ1) is 12.8. The number of carbonyl (C=O) groups is 1. The first-order valence-corrected chi connectivity index (χ1v) is 10.3. The van der Waals surface area contributed by atoms with E-state index in [2.05, 4.69) is 27.9 Å². The SMILES string of the molecule is CCC1=C(c2nc(C3CCCCC3)cs2)C(c2ccccn2)NC(=O)N1. The summed E-state index contributed by atoms with van der Waals surface area (Å²) in [7, 11) is 0. The van der Waals surface area contributed by atoms with E-state index < -0.39 is 0 Å². The van der Waals surface area contributed by atoms with Crippen molar-refractivity contribution in [2.45, 2.75) is 57.4 Å². The Bertz CT molecular complexity index is 808. The molecule has 0 spiro atoms. The van der Waals surface area contributed by atoms with Crippen molar-refractivity contribution >= 4 is 22.9 Å². The van der Waals surface area contributed by atoms with E-state index in [1.165, 1.54) is 37.8 Å². The van der Waals surface area contributed by atoms with E-state index in [4.69, 9.17) is 4.98 Å². The summed E-state index contributed by atoms with van der Waals surface area (Å²) in [5, 5.41) is 9.20. The van der Waals surface area contributed by atoms with Crippen LogP contribution in [0.25, 0.3) is 5.57 Å². The normalized spacial score (nSPS) is 21.4. The molecule has 2 amide bonds. The summed E-state index contributed by atoms with van der Waals surface area (Å²) in [6, 6.07) is 5.37. The largest absolute Gasteiger partial charge is 0.325 e. The van der Waals surface area contributed by atoms with Crippen molar-refractivity contribution in [2.75, 3.05) is 0 Å². The van der Waals surface area contributed by atoms with Crippen LogP contribution < -0.4 is 10.6 Å². The summed E-state index contributed by atoms with van der Waals surface area (Å²) >= 11 is 1.68. The molecule has 0 bridgehead atoms. The molecule has 1 fully saturated rings. The molecule has 5 nitrogen and oxygen atoms in total. The molecule has 0 saturated heterocycles. The lowest BCUT2D eigenvalue weighted by atomic mass is 9.87. The van der Waals surface area contributed by atoms with Gasteiger partial charge in [0.15, 0.2) is 0 Å². The molecule has 1 saturated carbocycles. The number of thiazole rings is 1. The molecule has 1 atom stereocenters. The van der Waals surface area contributed by atoms with Gasteiger partial charge in [0.2, 0.25) is 0 Å². The van der Waals surface area contributed by atoms with Crippen molar-refractivity contribution in [2.24, 2.45) is 0 Å². The van der Waals surface area contributed by atoms with Crippen LogP contribution in [0.3, 0.4) is 0 Å². The van der Waals surface area contributed by atoms with Gasteiger partial charge in [-0.1, -0.05) is 32.3 Å². The molecule has 0 aromatic carbocycles. The Balaban J connectivity index is 1.73. The van der Waals surface area contributed by atoms with Gasteiger partial charge in [-0.3, -0.25) is 4.98 Å². The summed E-state index contributed by atoms with van der Waals surface area (Å²) in [4.78, 5) is 21.6. The van der Waals surface area contributed by atoms with Crippen LogP contribution in [0.5, 0.6) is 0 Å². The van der Waals surface area contributed by atoms with Crippen LogP contribution in [-0.2, 0) is 0 Å². The molecule has 1 aliphatic carbocycles. The van der Waals surface area contributed by atoms with Gasteiger partial charge in [0, 0.05) is 28.8 Å². The number of nitrogens with zero attached hydrogens (tertiary/aromatic N) is 2. The summed E-state index contributed by atoms with van der Waals surface area (Å²) in [6.07, 6.45) is 8.94. The number of urea groups is 1. The highest BCUT2D eigenvalue weighted by molar-refractivity contribution is 7.10. The molecule has 1 unspecified atom stereocenters. The van der Waals surface area contributed by atoms with Crippen LogP contribution in [0.4, 0.5) is 4.79 Å². The Labute approximate surface area is 158 Å². The summed E-state index contributed by atoms with van der Waals surface area (Å²) in [5.74, 6) is 0.582. The fourth-order valence-electron chi connectivity index (χ4n) is 3.91. The first-order valence-electron chi connectivity index (χ1n) is 9.43. The van der Waals surface area contributed by atoms with Crippen LogP contribution in [0.15, 0.2) is 35.5 Å². The fourth-order valence-corrected chi connectivity index (χ4v) is 4.92. The van der Waals surface area contributed by atoms with Crippen molar-refractivity contribution < 1.29 is 4.79 Å². The fraction of sp³-hybridized carbons (Fsp3) is 0.450. The molecule has 2 aromatic heterocycles. The van der Waals surface area contributed by atoms with Crippen molar-refractivity contribution in [1.82, 2.24) is 20.6 Å². The second kappa shape index (κ2) is 7.58.